The molecule has 1 fully saturated rings. The minimum atomic E-state index is 0.271. The van der Waals surface area contributed by atoms with Crippen LogP contribution in [-0.2, 0) is 0 Å². The fourth-order valence-electron chi connectivity index (χ4n) is 2.33. The molecule has 1 aliphatic heterocycles. The number of nitrogen functional groups attached to an aromatic ring is 1. The summed E-state index contributed by atoms with van der Waals surface area (Å²) in [6.45, 7) is 8.14. The quantitative estimate of drug-likeness (QED) is 0.861. The molecule has 2 heterocycles. The Morgan fingerprint density at radius 1 is 1.33 bits per heavy atom. The second kappa shape index (κ2) is 6.00. The molecule has 0 amide bonds. The van der Waals surface area contributed by atoms with E-state index in [9.17, 15) is 0 Å². The van der Waals surface area contributed by atoms with Crippen molar-refractivity contribution in [2.45, 2.75) is 32.6 Å². The molecule has 0 atom stereocenters. The molecule has 0 bridgehead atoms. The lowest BCUT2D eigenvalue weighted by Gasteiger charge is -2.17. The molecule has 2 rings (SSSR count). The average molecular weight is 250 g/mol. The Morgan fingerprint density at radius 3 is 2.72 bits per heavy atom. The number of anilines is 1. The van der Waals surface area contributed by atoms with Gasteiger partial charge in [0.1, 0.15) is 18.8 Å². The molecule has 5 heteroatoms. The van der Waals surface area contributed by atoms with Crippen LogP contribution in [0.25, 0.3) is 0 Å². The van der Waals surface area contributed by atoms with Crippen molar-refractivity contribution in [3.63, 3.8) is 0 Å². The zero-order chi connectivity index (χ0) is 13.0. The van der Waals surface area contributed by atoms with Crippen LogP contribution in [0, 0.1) is 0 Å². The van der Waals surface area contributed by atoms with E-state index in [-0.39, 0.29) is 5.92 Å². The summed E-state index contributed by atoms with van der Waals surface area (Å²) in [6, 6.07) is 0. The van der Waals surface area contributed by atoms with Gasteiger partial charge in [-0.1, -0.05) is 13.8 Å². The van der Waals surface area contributed by atoms with Gasteiger partial charge in [0.15, 0.2) is 0 Å². The summed E-state index contributed by atoms with van der Waals surface area (Å²) in [7, 11) is 0. The van der Waals surface area contributed by atoms with Crippen molar-refractivity contribution < 1.29 is 4.74 Å². The summed E-state index contributed by atoms with van der Waals surface area (Å²) >= 11 is 0. The highest BCUT2D eigenvalue weighted by Crippen LogP contribution is 2.27. The maximum atomic E-state index is 5.87. The number of aromatic nitrogens is 2. The average Bonchev–Trinajstić information content (AvgIpc) is 2.81. The smallest absolute Gasteiger partial charge is 0.222 e. The maximum absolute atomic E-state index is 5.87. The Morgan fingerprint density at radius 2 is 2.06 bits per heavy atom. The number of ether oxygens (including phenoxy) is 1. The van der Waals surface area contributed by atoms with Crippen LogP contribution in [0.3, 0.4) is 0 Å². The van der Waals surface area contributed by atoms with Gasteiger partial charge >= 0.3 is 0 Å². The van der Waals surface area contributed by atoms with E-state index in [1.165, 1.54) is 32.3 Å². The van der Waals surface area contributed by atoms with E-state index < -0.39 is 0 Å². The van der Waals surface area contributed by atoms with Crippen LogP contribution >= 0.6 is 0 Å². The van der Waals surface area contributed by atoms with Crippen LogP contribution in [0.5, 0.6) is 5.88 Å². The Labute approximate surface area is 108 Å². The van der Waals surface area contributed by atoms with Gasteiger partial charge in [-0.2, -0.15) is 0 Å². The second-order valence-corrected chi connectivity index (χ2v) is 5.03. The van der Waals surface area contributed by atoms with Crippen molar-refractivity contribution in [3.8, 4) is 5.88 Å². The first-order valence-corrected chi connectivity index (χ1v) is 6.64. The van der Waals surface area contributed by atoms with E-state index in [0.29, 0.717) is 18.3 Å². The fraction of sp³-hybridized carbons (Fsp3) is 0.692. The van der Waals surface area contributed by atoms with Crippen molar-refractivity contribution in [1.29, 1.82) is 0 Å². The fourth-order valence-corrected chi connectivity index (χ4v) is 2.33. The van der Waals surface area contributed by atoms with Crippen LogP contribution < -0.4 is 10.5 Å². The number of rotatable bonds is 5. The lowest BCUT2D eigenvalue weighted by molar-refractivity contribution is 0.229. The third-order valence-corrected chi connectivity index (χ3v) is 3.30. The first kappa shape index (κ1) is 13.1. The zero-order valence-electron chi connectivity index (χ0n) is 11.2. The van der Waals surface area contributed by atoms with Gasteiger partial charge in [-0.15, -0.1) is 0 Å². The first-order valence-electron chi connectivity index (χ1n) is 6.64. The van der Waals surface area contributed by atoms with Crippen molar-refractivity contribution in [2.24, 2.45) is 0 Å². The summed E-state index contributed by atoms with van der Waals surface area (Å²) in [5.41, 5.74) is 6.79. The van der Waals surface area contributed by atoms with Crippen molar-refractivity contribution in [3.05, 3.63) is 11.9 Å². The van der Waals surface area contributed by atoms with E-state index in [4.69, 9.17) is 10.5 Å². The lowest BCUT2D eigenvalue weighted by Crippen LogP contribution is -2.25. The van der Waals surface area contributed by atoms with Crippen molar-refractivity contribution in [1.82, 2.24) is 14.9 Å². The molecule has 1 saturated heterocycles. The molecule has 0 aliphatic carbocycles. The summed E-state index contributed by atoms with van der Waals surface area (Å²) < 4.78 is 5.77. The van der Waals surface area contributed by atoms with E-state index in [1.54, 1.807) is 0 Å². The molecule has 0 spiro atoms. The highest BCUT2D eigenvalue weighted by Gasteiger charge is 2.15. The van der Waals surface area contributed by atoms with E-state index in [2.05, 4.69) is 28.7 Å². The summed E-state index contributed by atoms with van der Waals surface area (Å²) in [4.78, 5) is 10.6. The molecule has 18 heavy (non-hydrogen) atoms. The van der Waals surface area contributed by atoms with Crippen LogP contribution in [0.1, 0.15) is 38.2 Å². The van der Waals surface area contributed by atoms with E-state index >= 15 is 0 Å². The van der Waals surface area contributed by atoms with Gasteiger partial charge in [-0.05, 0) is 31.8 Å². The second-order valence-electron chi connectivity index (χ2n) is 5.03. The largest absolute Gasteiger partial charge is 0.476 e. The summed E-state index contributed by atoms with van der Waals surface area (Å²) in [5.74, 6) is 1.43. The molecule has 0 aromatic carbocycles. The standard InChI is InChI=1S/C13H22N4O/c1-10(2)11-12(14)15-9-16-13(11)18-8-7-17-5-3-4-6-17/h9-10H,3-8H2,1-2H3,(H2,14,15,16). The van der Waals surface area contributed by atoms with Gasteiger partial charge < -0.3 is 10.5 Å². The molecule has 5 nitrogen and oxygen atoms in total. The zero-order valence-corrected chi connectivity index (χ0v) is 11.2. The number of hydrogen-bond acceptors (Lipinski definition) is 5. The molecule has 1 aromatic heterocycles. The molecular weight excluding hydrogens is 228 g/mol. The van der Waals surface area contributed by atoms with Crippen molar-refractivity contribution >= 4 is 5.82 Å². The monoisotopic (exact) mass is 250 g/mol. The SMILES string of the molecule is CC(C)c1c(N)ncnc1OCCN1CCCC1. The van der Waals surface area contributed by atoms with Crippen LogP contribution in [0.2, 0.25) is 0 Å². The molecule has 0 saturated carbocycles. The van der Waals surface area contributed by atoms with Crippen molar-refractivity contribution in [2.75, 3.05) is 32.0 Å². The molecular formula is C13H22N4O. The Kier molecular flexibility index (Phi) is 4.36. The topological polar surface area (TPSA) is 64.3 Å². The number of nitrogens with two attached hydrogens (primary N) is 1. The third kappa shape index (κ3) is 3.10. The van der Waals surface area contributed by atoms with Gasteiger partial charge in [-0.25, -0.2) is 9.97 Å². The van der Waals surface area contributed by atoms with Gasteiger partial charge in [0.25, 0.3) is 0 Å². The van der Waals surface area contributed by atoms with Crippen LogP contribution in [0.4, 0.5) is 5.82 Å². The predicted octanol–water partition coefficient (Wildman–Crippen LogP) is 1.66. The lowest BCUT2D eigenvalue weighted by atomic mass is 10.1. The highest BCUT2D eigenvalue weighted by molar-refractivity contribution is 5.46. The Hall–Kier alpha value is -1.36. The maximum Gasteiger partial charge on any atom is 0.222 e. The molecule has 100 valence electrons. The van der Waals surface area contributed by atoms with Crippen LogP contribution in [0.15, 0.2) is 6.33 Å². The normalized spacial score (nSPS) is 16.4. The first-order chi connectivity index (χ1) is 8.68. The Bertz CT molecular complexity index is 389. The number of nitrogens with zero attached hydrogens (tertiary/aromatic N) is 3. The minimum absolute atomic E-state index is 0.271. The van der Waals surface area contributed by atoms with Gasteiger partial charge in [0, 0.05) is 6.54 Å². The number of hydrogen-bond donors (Lipinski definition) is 1. The summed E-state index contributed by atoms with van der Waals surface area (Å²) in [5, 5.41) is 0. The predicted molar refractivity (Wildman–Crippen MR) is 71.7 cm³/mol. The third-order valence-electron chi connectivity index (χ3n) is 3.30. The molecule has 1 aromatic rings. The van der Waals surface area contributed by atoms with Gasteiger partial charge in [-0.3, -0.25) is 4.90 Å². The van der Waals surface area contributed by atoms with Gasteiger partial charge in [0.05, 0.1) is 5.56 Å². The molecule has 0 radical (unpaired) electrons. The van der Waals surface area contributed by atoms with Gasteiger partial charge in [0.2, 0.25) is 5.88 Å². The molecule has 1 aliphatic rings. The van der Waals surface area contributed by atoms with E-state index in [0.717, 1.165) is 12.1 Å². The Balaban J connectivity index is 1.93. The number of likely N-dealkylation sites (tertiary alicyclic amines) is 1. The molecule has 0 unspecified atom stereocenters. The highest BCUT2D eigenvalue weighted by atomic mass is 16.5. The van der Waals surface area contributed by atoms with E-state index in [1.807, 2.05) is 0 Å². The summed E-state index contributed by atoms with van der Waals surface area (Å²) in [6.07, 6.45) is 4.07. The molecule has 2 N–H and O–H groups in total. The van der Waals surface area contributed by atoms with Crippen LogP contribution in [-0.4, -0.2) is 41.1 Å². The minimum Gasteiger partial charge on any atom is -0.476 e.